The zero-order chi connectivity index (χ0) is 13.9. The van der Waals surface area contributed by atoms with Gasteiger partial charge in [0.15, 0.2) is 11.5 Å². The van der Waals surface area contributed by atoms with Crippen LogP contribution >= 0.6 is 0 Å². The van der Waals surface area contributed by atoms with E-state index in [0.29, 0.717) is 18.9 Å². The van der Waals surface area contributed by atoms with Crippen molar-refractivity contribution in [1.82, 2.24) is 9.97 Å². The molecule has 100 valence electrons. The van der Waals surface area contributed by atoms with E-state index in [1.54, 1.807) is 0 Å². The lowest BCUT2D eigenvalue weighted by molar-refractivity contribution is 0.297. The van der Waals surface area contributed by atoms with Gasteiger partial charge in [-0.05, 0) is 31.2 Å². The Labute approximate surface area is 116 Å². The zero-order valence-corrected chi connectivity index (χ0v) is 11.1. The Kier molecular flexibility index (Phi) is 3.21. The molecule has 0 fully saturated rings. The molecule has 0 radical (unpaired) electrons. The maximum atomic E-state index is 8.94. The molecular formula is C15H13N3O2. The monoisotopic (exact) mass is 267 g/mol. The second-order valence-electron chi connectivity index (χ2n) is 4.54. The van der Waals surface area contributed by atoms with E-state index in [1.807, 2.05) is 37.3 Å². The van der Waals surface area contributed by atoms with E-state index >= 15 is 0 Å². The average molecular weight is 267 g/mol. The minimum atomic E-state index is 0.173. The van der Waals surface area contributed by atoms with Gasteiger partial charge in [-0.25, -0.2) is 9.97 Å². The van der Waals surface area contributed by atoms with Crippen molar-refractivity contribution >= 4 is 0 Å². The lowest BCUT2D eigenvalue weighted by atomic mass is 10.1. The Morgan fingerprint density at radius 3 is 2.70 bits per heavy atom. The van der Waals surface area contributed by atoms with Crippen molar-refractivity contribution in [3.8, 4) is 28.8 Å². The number of rotatable bonds is 1. The van der Waals surface area contributed by atoms with Crippen LogP contribution in [0.2, 0.25) is 0 Å². The van der Waals surface area contributed by atoms with Crippen molar-refractivity contribution in [2.45, 2.75) is 13.3 Å². The van der Waals surface area contributed by atoms with Gasteiger partial charge >= 0.3 is 0 Å². The second kappa shape index (κ2) is 5.17. The highest BCUT2D eigenvalue weighted by molar-refractivity contribution is 5.64. The summed E-state index contributed by atoms with van der Waals surface area (Å²) in [6, 6.07) is 9.50. The first kappa shape index (κ1) is 12.4. The molecule has 5 heteroatoms. The molecule has 2 heterocycles. The Bertz CT molecular complexity index is 692. The summed E-state index contributed by atoms with van der Waals surface area (Å²) in [6.45, 7) is 3.15. The molecule has 20 heavy (non-hydrogen) atoms. The van der Waals surface area contributed by atoms with Crippen molar-refractivity contribution < 1.29 is 9.47 Å². The van der Waals surface area contributed by atoms with E-state index in [4.69, 9.17) is 14.7 Å². The number of fused-ring (bicyclic) bond motifs is 1. The fourth-order valence-electron chi connectivity index (χ4n) is 2.09. The summed E-state index contributed by atoms with van der Waals surface area (Å²) in [6.07, 6.45) is 0.870. The highest BCUT2D eigenvalue weighted by atomic mass is 16.5. The molecule has 2 aromatic rings. The first-order valence-corrected chi connectivity index (χ1v) is 6.42. The fourth-order valence-corrected chi connectivity index (χ4v) is 2.09. The normalized spacial score (nSPS) is 13.4. The molecule has 0 spiro atoms. The quantitative estimate of drug-likeness (QED) is 0.794. The van der Waals surface area contributed by atoms with Gasteiger partial charge in [0.25, 0.3) is 0 Å². The third-order valence-electron chi connectivity index (χ3n) is 3.00. The van der Waals surface area contributed by atoms with Crippen LogP contribution in [-0.2, 0) is 0 Å². The maximum absolute atomic E-state index is 8.94. The van der Waals surface area contributed by atoms with E-state index in [9.17, 15) is 0 Å². The van der Waals surface area contributed by atoms with Gasteiger partial charge in [0.1, 0.15) is 6.07 Å². The lowest BCUT2D eigenvalue weighted by Gasteiger charge is -2.09. The molecule has 0 bridgehead atoms. The molecule has 3 rings (SSSR count). The molecule has 1 aromatic carbocycles. The fraction of sp³-hybridized carbons (Fsp3) is 0.267. The summed E-state index contributed by atoms with van der Waals surface area (Å²) >= 11 is 0. The van der Waals surface area contributed by atoms with Gasteiger partial charge in [-0.3, -0.25) is 0 Å². The predicted octanol–water partition coefficient (Wildman–Crippen LogP) is 2.49. The van der Waals surface area contributed by atoms with Crippen LogP contribution < -0.4 is 9.47 Å². The van der Waals surface area contributed by atoms with Gasteiger partial charge in [-0.2, -0.15) is 5.26 Å². The number of aryl methyl sites for hydroxylation is 1. The zero-order valence-electron chi connectivity index (χ0n) is 11.1. The number of hydrogen-bond donors (Lipinski definition) is 0. The minimum Gasteiger partial charge on any atom is -0.490 e. The molecule has 0 aliphatic carbocycles. The lowest BCUT2D eigenvalue weighted by Crippen LogP contribution is -1.97. The molecular weight excluding hydrogens is 254 g/mol. The van der Waals surface area contributed by atoms with Crippen LogP contribution in [0.15, 0.2) is 24.3 Å². The summed E-state index contributed by atoms with van der Waals surface area (Å²) in [4.78, 5) is 8.28. The molecule has 1 aromatic heterocycles. The van der Waals surface area contributed by atoms with Crippen LogP contribution in [0.4, 0.5) is 0 Å². The van der Waals surface area contributed by atoms with E-state index in [-0.39, 0.29) is 5.82 Å². The van der Waals surface area contributed by atoms with Crippen molar-refractivity contribution in [3.05, 3.63) is 35.8 Å². The standard InChI is InChI=1S/C15H13N3O2/c1-10-7-12(18-15(9-16)17-10)11-3-4-13-14(8-11)20-6-2-5-19-13/h3-4,7-8H,2,5-6H2,1H3. The van der Waals surface area contributed by atoms with Crippen LogP contribution in [0.1, 0.15) is 17.9 Å². The van der Waals surface area contributed by atoms with Gasteiger partial charge in [-0.15, -0.1) is 0 Å². The Morgan fingerprint density at radius 1 is 1.10 bits per heavy atom. The first-order valence-electron chi connectivity index (χ1n) is 6.42. The van der Waals surface area contributed by atoms with E-state index < -0.39 is 0 Å². The SMILES string of the molecule is Cc1cc(-c2ccc3c(c2)OCCCO3)nc(C#N)n1. The third kappa shape index (κ3) is 2.41. The summed E-state index contributed by atoms with van der Waals surface area (Å²) in [5.41, 5.74) is 2.36. The van der Waals surface area contributed by atoms with Gasteiger partial charge in [0, 0.05) is 17.7 Å². The number of hydrogen-bond acceptors (Lipinski definition) is 5. The number of aromatic nitrogens is 2. The molecule has 0 amide bonds. The van der Waals surface area contributed by atoms with Crippen LogP contribution in [-0.4, -0.2) is 23.2 Å². The van der Waals surface area contributed by atoms with Crippen molar-refractivity contribution in [1.29, 1.82) is 5.26 Å². The predicted molar refractivity (Wildman–Crippen MR) is 72.5 cm³/mol. The molecule has 1 aliphatic heterocycles. The number of ether oxygens (including phenoxy) is 2. The van der Waals surface area contributed by atoms with Crippen LogP contribution in [0.25, 0.3) is 11.3 Å². The van der Waals surface area contributed by atoms with E-state index in [2.05, 4.69) is 9.97 Å². The molecule has 5 nitrogen and oxygen atoms in total. The summed E-state index contributed by atoms with van der Waals surface area (Å²) in [5.74, 6) is 1.64. The largest absolute Gasteiger partial charge is 0.490 e. The van der Waals surface area contributed by atoms with Crippen LogP contribution in [0.3, 0.4) is 0 Å². The number of nitrogens with zero attached hydrogens (tertiary/aromatic N) is 3. The highest BCUT2D eigenvalue weighted by Crippen LogP contribution is 2.33. The summed E-state index contributed by atoms with van der Waals surface area (Å²) < 4.78 is 11.3. The van der Waals surface area contributed by atoms with Gasteiger partial charge in [0.05, 0.1) is 18.9 Å². The first-order chi connectivity index (χ1) is 9.76. The van der Waals surface area contributed by atoms with Crippen molar-refractivity contribution in [2.24, 2.45) is 0 Å². The average Bonchev–Trinajstić information content (AvgIpc) is 2.70. The van der Waals surface area contributed by atoms with Crippen LogP contribution in [0.5, 0.6) is 11.5 Å². The molecule has 1 aliphatic rings. The van der Waals surface area contributed by atoms with E-state index in [0.717, 1.165) is 29.2 Å². The Balaban J connectivity index is 2.05. The van der Waals surface area contributed by atoms with Crippen LogP contribution in [0, 0.1) is 18.3 Å². The molecule has 0 atom stereocenters. The number of nitriles is 1. The smallest absolute Gasteiger partial charge is 0.232 e. The molecule has 0 saturated carbocycles. The van der Waals surface area contributed by atoms with Gasteiger partial charge in [0.2, 0.25) is 5.82 Å². The van der Waals surface area contributed by atoms with Crippen molar-refractivity contribution in [3.63, 3.8) is 0 Å². The highest BCUT2D eigenvalue weighted by Gasteiger charge is 2.12. The number of benzene rings is 1. The molecule has 0 N–H and O–H groups in total. The second-order valence-corrected chi connectivity index (χ2v) is 4.54. The maximum Gasteiger partial charge on any atom is 0.232 e. The Hall–Kier alpha value is -2.61. The van der Waals surface area contributed by atoms with Crippen molar-refractivity contribution in [2.75, 3.05) is 13.2 Å². The summed E-state index contributed by atoms with van der Waals surface area (Å²) in [5, 5.41) is 8.94. The van der Waals surface area contributed by atoms with Gasteiger partial charge in [-0.1, -0.05) is 0 Å². The van der Waals surface area contributed by atoms with E-state index in [1.165, 1.54) is 0 Å². The van der Waals surface area contributed by atoms with Gasteiger partial charge < -0.3 is 9.47 Å². The third-order valence-corrected chi connectivity index (χ3v) is 3.00. The topological polar surface area (TPSA) is 68.0 Å². The Morgan fingerprint density at radius 2 is 1.90 bits per heavy atom. The summed E-state index contributed by atoms with van der Waals surface area (Å²) in [7, 11) is 0. The molecule has 0 saturated heterocycles. The molecule has 0 unspecified atom stereocenters. The minimum absolute atomic E-state index is 0.173.